The Balaban J connectivity index is 1.49. The van der Waals surface area contributed by atoms with Crippen molar-refractivity contribution >= 4 is 17.8 Å². The van der Waals surface area contributed by atoms with Gasteiger partial charge in [0.05, 0.1) is 6.21 Å². The van der Waals surface area contributed by atoms with Crippen molar-refractivity contribution < 1.29 is 0 Å². The fourth-order valence-electron chi connectivity index (χ4n) is 2.99. The minimum absolute atomic E-state index is 0.567. The molecule has 1 saturated heterocycles. The summed E-state index contributed by atoms with van der Waals surface area (Å²) < 4.78 is 0. The molecule has 1 heterocycles. The van der Waals surface area contributed by atoms with Crippen LogP contribution < -0.4 is 0 Å². The van der Waals surface area contributed by atoms with Crippen LogP contribution in [-0.4, -0.2) is 42.3 Å². The molecule has 0 amide bonds. The van der Waals surface area contributed by atoms with Crippen LogP contribution in [0.25, 0.3) is 0 Å². The summed E-state index contributed by atoms with van der Waals surface area (Å²) in [6.45, 7) is 9.25. The number of piperazine rings is 1. The van der Waals surface area contributed by atoms with Gasteiger partial charge in [-0.25, -0.2) is 0 Å². The van der Waals surface area contributed by atoms with Crippen molar-refractivity contribution in [3.63, 3.8) is 0 Å². The molecule has 0 saturated carbocycles. The molecule has 0 radical (unpaired) electrons. The zero-order valence-corrected chi connectivity index (χ0v) is 15.8. The number of hydrogen-bond donors (Lipinski definition) is 0. The van der Waals surface area contributed by atoms with Gasteiger partial charge in [-0.3, -0.25) is 9.91 Å². The second-order valence-electron chi connectivity index (χ2n) is 6.89. The smallest absolute Gasteiger partial charge is 0.0542 e. The van der Waals surface area contributed by atoms with Gasteiger partial charge < -0.3 is 0 Å². The predicted molar refractivity (Wildman–Crippen MR) is 106 cm³/mol. The molecule has 4 heteroatoms. The largest absolute Gasteiger partial charge is 0.295 e. The molecule has 0 spiro atoms. The quantitative estimate of drug-likeness (QED) is 0.729. The van der Waals surface area contributed by atoms with Gasteiger partial charge in [0.15, 0.2) is 0 Å². The molecule has 2 aromatic rings. The van der Waals surface area contributed by atoms with E-state index in [1.165, 1.54) is 11.1 Å². The fourth-order valence-corrected chi connectivity index (χ4v) is 3.19. The Morgan fingerprint density at radius 2 is 1.68 bits per heavy atom. The van der Waals surface area contributed by atoms with Crippen molar-refractivity contribution in [1.29, 1.82) is 0 Å². The molecule has 0 N–H and O–H groups in total. The number of hydrogen-bond acceptors (Lipinski definition) is 3. The number of hydrazone groups is 1. The molecular weight excluding hydrogens is 330 g/mol. The second kappa shape index (κ2) is 8.50. The normalized spacial score (nSPS) is 16.1. The van der Waals surface area contributed by atoms with E-state index in [9.17, 15) is 0 Å². The molecule has 132 valence electrons. The first-order valence-corrected chi connectivity index (χ1v) is 9.34. The van der Waals surface area contributed by atoms with Gasteiger partial charge in [-0.1, -0.05) is 67.9 Å². The molecule has 2 aromatic carbocycles. The van der Waals surface area contributed by atoms with E-state index in [4.69, 9.17) is 11.6 Å². The van der Waals surface area contributed by atoms with Crippen LogP contribution in [0.4, 0.5) is 0 Å². The van der Waals surface area contributed by atoms with E-state index in [2.05, 4.69) is 59.2 Å². The molecule has 1 aliphatic heterocycles. The molecule has 1 fully saturated rings. The van der Waals surface area contributed by atoms with E-state index >= 15 is 0 Å². The average molecular weight is 356 g/mol. The first-order chi connectivity index (χ1) is 12.1. The fraction of sp³-hybridized carbons (Fsp3) is 0.381. The number of rotatable bonds is 5. The Labute approximate surface area is 155 Å². The summed E-state index contributed by atoms with van der Waals surface area (Å²) in [5.41, 5.74) is 3.72. The monoisotopic (exact) mass is 355 g/mol. The topological polar surface area (TPSA) is 18.8 Å². The molecule has 0 aromatic heterocycles. The molecule has 3 nitrogen and oxygen atoms in total. The standard InChI is InChI=1S/C21H26ClN3/c1-17(2)19-9-7-18(8-10-19)15-23-25-13-11-24(12-14-25)16-20-5-3-4-6-21(20)22/h3-10,15,17H,11-14,16H2,1-2H3. The Morgan fingerprint density at radius 3 is 2.32 bits per heavy atom. The Hall–Kier alpha value is -1.84. The minimum atomic E-state index is 0.567. The first-order valence-electron chi connectivity index (χ1n) is 8.96. The number of benzene rings is 2. The third-order valence-corrected chi connectivity index (χ3v) is 5.04. The summed E-state index contributed by atoms with van der Waals surface area (Å²) in [4.78, 5) is 2.44. The molecular formula is C21H26ClN3. The third kappa shape index (κ3) is 5.07. The number of halogens is 1. The highest BCUT2D eigenvalue weighted by atomic mass is 35.5. The van der Waals surface area contributed by atoms with E-state index in [1.54, 1.807) is 0 Å². The molecule has 25 heavy (non-hydrogen) atoms. The summed E-state index contributed by atoms with van der Waals surface area (Å²) in [5, 5.41) is 7.65. The average Bonchev–Trinajstić information content (AvgIpc) is 2.63. The lowest BCUT2D eigenvalue weighted by atomic mass is 10.0. The summed E-state index contributed by atoms with van der Waals surface area (Å²) in [7, 11) is 0. The molecule has 0 bridgehead atoms. The van der Waals surface area contributed by atoms with Crippen LogP contribution >= 0.6 is 11.6 Å². The molecule has 1 aliphatic rings. The Bertz CT molecular complexity index is 701. The zero-order chi connectivity index (χ0) is 17.6. The van der Waals surface area contributed by atoms with Crippen molar-refractivity contribution in [2.45, 2.75) is 26.3 Å². The van der Waals surface area contributed by atoms with Crippen LogP contribution in [0.5, 0.6) is 0 Å². The van der Waals surface area contributed by atoms with Crippen LogP contribution in [0.15, 0.2) is 53.6 Å². The van der Waals surface area contributed by atoms with Gasteiger partial charge in [-0.2, -0.15) is 5.10 Å². The van der Waals surface area contributed by atoms with Gasteiger partial charge >= 0.3 is 0 Å². The van der Waals surface area contributed by atoms with Crippen LogP contribution in [-0.2, 0) is 6.54 Å². The zero-order valence-electron chi connectivity index (χ0n) is 15.0. The van der Waals surface area contributed by atoms with E-state index in [1.807, 2.05) is 24.4 Å². The van der Waals surface area contributed by atoms with Gasteiger partial charge in [-0.15, -0.1) is 0 Å². The minimum Gasteiger partial charge on any atom is -0.295 e. The Kier molecular flexibility index (Phi) is 6.11. The van der Waals surface area contributed by atoms with E-state index < -0.39 is 0 Å². The van der Waals surface area contributed by atoms with Gasteiger partial charge in [0.1, 0.15) is 0 Å². The highest BCUT2D eigenvalue weighted by molar-refractivity contribution is 6.31. The van der Waals surface area contributed by atoms with E-state index in [0.29, 0.717) is 5.92 Å². The van der Waals surface area contributed by atoms with E-state index in [-0.39, 0.29) is 0 Å². The van der Waals surface area contributed by atoms with Crippen molar-refractivity contribution in [3.8, 4) is 0 Å². The number of nitrogens with zero attached hydrogens (tertiary/aromatic N) is 3. The van der Waals surface area contributed by atoms with Crippen molar-refractivity contribution in [3.05, 3.63) is 70.2 Å². The maximum absolute atomic E-state index is 6.26. The second-order valence-corrected chi connectivity index (χ2v) is 7.29. The van der Waals surface area contributed by atoms with Gasteiger partial charge in [-0.05, 0) is 28.7 Å². The SMILES string of the molecule is CC(C)c1ccc(C=NN2CCN(Cc3ccccc3Cl)CC2)cc1. The first kappa shape index (κ1) is 18.0. The predicted octanol–water partition coefficient (Wildman–Crippen LogP) is 4.62. The molecule has 0 unspecified atom stereocenters. The van der Waals surface area contributed by atoms with Gasteiger partial charge in [0.25, 0.3) is 0 Å². The molecule has 0 aliphatic carbocycles. The van der Waals surface area contributed by atoms with Crippen molar-refractivity contribution in [1.82, 2.24) is 9.91 Å². The maximum atomic E-state index is 6.26. The van der Waals surface area contributed by atoms with Crippen LogP contribution in [0, 0.1) is 0 Å². The lowest BCUT2D eigenvalue weighted by molar-refractivity contribution is 0.131. The molecule has 0 atom stereocenters. The summed E-state index contributed by atoms with van der Waals surface area (Å²) in [5.74, 6) is 0.567. The van der Waals surface area contributed by atoms with Gasteiger partial charge in [0, 0.05) is 37.7 Å². The summed E-state index contributed by atoms with van der Waals surface area (Å²) >= 11 is 6.26. The Morgan fingerprint density at radius 1 is 1.00 bits per heavy atom. The summed E-state index contributed by atoms with van der Waals surface area (Å²) in [6, 6.07) is 16.8. The maximum Gasteiger partial charge on any atom is 0.0542 e. The highest BCUT2D eigenvalue weighted by Crippen LogP contribution is 2.18. The lowest BCUT2D eigenvalue weighted by Crippen LogP contribution is -2.43. The third-order valence-electron chi connectivity index (χ3n) is 4.67. The summed E-state index contributed by atoms with van der Waals surface area (Å²) in [6.07, 6.45) is 1.97. The van der Waals surface area contributed by atoms with Crippen molar-refractivity contribution in [2.24, 2.45) is 5.10 Å². The molecule has 3 rings (SSSR count). The van der Waals surface area contributed by atoms with E-state index in [0.717, 1.165) is 43.3 Å². The lowest BCUT2D eigenvalue weighted by Gasteiger charge is -2.33. The van der Waals surface area contributed by atoms with Crippen LogP contribution in [0.2, 0.25) is 5.02 Å². The van der Waals surface area contributed by atoms with Crippen LogP contribution in [0.3, 0.4) is 0 Å². The van der Waals surface area contributed by atoms with Crippen LogP contribution in [0.1, 0.15) is 36.5 Å². The van der Waals surface area contributed by atoms with Gasteiger partial charge in [0.2, 0.25) is 0 Å². The highest BCUT2D eigenvalue weighted by Gasteiger charge is 2.16. The van der Waals surface area contributed by atoms with Crippen molar-refractivity contribution in [2.75, 3.05) is 26.2 Å².